The van der Waals surface area contributed by atoms with Gasteiger partial charge in [0.15, 0.2) is 51.1 Å². The summed E-state index contributed by atoms with van der Waals surface area (Å²) in [5.41, 5.74) is 17.3. The molecule has 0 saturated carbocycles. The van der Waals surface area contributed by atoms with Crippen LogP contribution < -0.4 is 33.2 Å². The number of hydrogen-bond acceptors (Lipinski definition) is 16. The number of carbonyl (C=O) groups is 7. The molecule has 0 unspecified atom stereocenters. The quantitative estimate of drug-likeness (QED) is 0.0350. The van der Waals surface area contributed by atoms with E-state index in [2.05, 4.69) is 225 Å². The molecular formula is C125H176O17S. The molecule has 0 aliphatic heterocycles. The molecule has 0 bridgehead atoms. The molecule has 0 fully saturated rings. The van der Waals surface area contributed by atoms with Gasteiger partial charge in [-0.05, 0) is 307 Å². The van der Waals surface area contributed by atoms with Gasteiger partial charge in [0.05, 0.1) is 26.6 Å². The number of carboxylic acid groups (broad SMARTS) is 1. The number of rotatable bonds is 42. The fourth-order valence-electron chi connectivity index (χ4n) is 14.0. The van der Waals surface area contributed by atoms with Crippen molar-refractivity contribution in [3.05, 3.63) is 314 Å². The molecule has 17 nitrogen and oxygen atoms in total. The Bertz CT molecular complexity index is 5020. The van der Waals surface area contributed by atoms with Crippen molar-refractivity contribution in [3.63, 3.8) is 0 Å². The zero-order valence-electron chi connectivity index (χ0n) is 92.6. The van der Waals surface area contributed by atoms with E-state index in [-0.39, 0.29) is 66.9 Å². The molecule has 1 N–H and O–H groups in total. The van der Waals surface area contributed by atoms with Gasteiger partial charge in [-0.15, -0.1) is 0 Å². The summed E-state index contributed by atoms with van der Waals surface area (Å²) < 4.78 is 58.9. The van der Waals surface area contributed by atoms with Crippen LogP contribution in [0.3, 0.4) is 0 Å². The van der Waals surface area contributed by atoms with Gasteiger partial charge in [0.25, 0.3) is 0 Å². The minimum absolute atomic E-state index is 0.0428. The average molecular weight is 1980 g/mol. The molecule has 0 spiro atoms. The Hall–Kier alpha value is -11.8. The molecule has 0 saturated heterocycles. The molecule has 143 heavy (non-hydrogen) atoms. The monoisotopic (exact) mass is 1980 g/mol. The SMILES string of the molecule is CC(=O)COc1ccc(CC(C)C)cc1.CC(=O)COc1ccc(CC(C)C)cc1.CC(=O)c1ccc(CC(C)C)cc1.CC(=O)c1ccc(CC(C)C)cc1.CC(C)Cc1ccc(OCC(=O)O)cc1.CC(C)Cc1ccc(OCCS(C)(=O)=O)cc1.CCCOc1ccc(CC(C)C)cc1.COc1cc(C(C)=O)ccc1CC(C)C.COc1cc(C(C)=O)ccc1CC(C)C.Cc1ccc(CC(C)C)cc1. The number of benzene rings is 10. The minimum Gasteiger partial charge on any atom is -0.496 e. The van der Waals surface area contributed by atoms with Gasteiger partial charge in [0.2, 0.25) is 0 Å². The second kappa shape index (κ2) is 72.5. The Balaban J connectivity index is 0.000000796. The molecule has 0 heterocycles. The van der Waals surface area contributed by atoms with Gasteiger partial charge in [-0.25, -0.2) is 13.2 Å². The van der Waals surface area contributed by atoms with Crippen molar-refractivity contribution in [1.82, 2.24) is 0 Å². The summed E-state index contributed by atoms with van der Waals surface area (Å²) in [6.07, 6.45) is 13.0. The maximum atomic E-state index is 11.2. The first-order valence-corrected chi connectivity index (χ1v) is 52.9. The lowest BCUT2D eigenvalue weighted by Gasteiger charge is -2.11. The Morgan fingerprint density at radius 2 is 0.476 bits per heavy atom. The Morgan fingerprint density at radius 1 is 0.273 bits per heavy atom. The molecule has 784 valence electrons. The number of hydrogen-bond donors (Lipinski definition) is 1. The summed E-state index contributed by atoms with van der Waals surface area (Å²) in [4.78, 5) is 76.0. The van der Waals surface area contributed by atoms with E-state index in [0.29, 0.717) is 64.2 Å². The van der Waals surface area contributed by atoms with Crippen LogP contribution in [0.25, 0.3) is 0 Å². The van der Waals surface area contributed by atoms with Crippen LogP contribution in [0.2, 0.25) is 0 Å². The number of aryl methyl sites for hydroxylation is 1. The van der Waals surface area contributed by atoms with Crippen LogP contribution >= 0.6 is 0 Å². The summed E-state index contributed by atoms with van der Waals surface area (Å²) in [6.45, 7) is 58.5. The highest BCUT2D eigenvalue weighted by molar-refractivity contribution is 7.90. The zero-order chi connectivity index (χ0) is 108. The number of carboxylic acids is 1. The highest BCUT2D eigenvalue weighted by Gasteiger charge is 2.14. The smallest absolute Gasteiger partial charge is 0.341 e. The van der Waals surface area contributed by atoms with Crippen LogP contribution in [-0.4, -0.2) is 113 Å². The average Bonchev–Trinajstić information content (AvgIpc) is 0.849. The third kappa shape index (κ3) is 65.9. The van der Waals surface area contributed by atoms with Crippen molar-refractivity contribution < 1.29 is 80.2 Å². The normalized spacial score (nSPS) is 10.6. The second-order valence-electron chi connectivity index (χ2n) is 40.8. The number of methoxy groups -OCH3 is 2. The molecule has 0 radical (unpaired) electrons. The number of sulfone groups is 1. The Labute approximate surface area is 862 Å². The molecule has 10 rings (SSSR count). The summed E-state index contributed by atoms with van der Waals surface area (Å²) in [7, 11) is 0.341. The highest BCUT2D eigenvalue weighted by Crippen LogP contribution is 2.27. The third-order valence-corrected chi connectivity index (χ3v) is 21.6. The molecule has 0 amide bonds. The van der Waals surface area contributed by atoms with Crippen LogP contribution in [-0.2, 0) is 88.4 Å². The van der Waals surface area contributed by atoms with Gasteiger partial charge < -0.3 is 38.3 Å². The van der Waals surface area contributed by atoms with Gasteiger partial charge in [-0.3, -0.25) is 28.8 Å². The number of ether oxygens (including phenoxy) is 7. The van der Waals surface area contributed by atoms with Crippen LogP contribution in [0.1, 0.15) is 296 Å². The van der Waals surface area contributed by atoms with Crippen molar-refractivity contribution >= 4 is 50.5 Å². The lowest BCUT2D eigenvalue weighted by atomic mass is 9.99. The second-order valence-corrected chi connectivity index (χ2v) is 43.1. The third-order valence-electron chi connectivity index (χ3n) is 20.7. The number of aliphatic carboxylic acids is 1. The maximum Gasteiger partial charge on any atom is 0.341 e. The van der Waals surface area contributed by atoms with E-state index >= 15 is 0 Å². The predicted octanol–water partition coefficient (Wildman–Crippen LogP) is 29.6. The van der Waals surface area contributed by atoms with Gasteiger partial charge in [0, 0.05) is 28.5 Å². The fraction of sp³-hybridized carbons (Fsp3) is 0.464. The Morgan fingerprint density at radius 3 is 0.671 bits per heavy atom. The van der Waals surface area contributed by atoms with Gasteiger partial charge in [-0.2, -0.15) is 0 Å². The topological polar surface area (TPSA) is 238 Å². The standard InChI is InChI=1S/C13H20O3S.4C13H18O2.C13H20O.C12H16O3.2C12H16O.C11H16/c1-11(2)10-12-4-6-13(7-5-12)16-8-9-17(3,14)15;2*1-9(2)7-12-6-5-11(10(3)14)8-13(12)15-4;2*1-10(2)8-12-4-6-13(7-5-12)15-9-11(3)14;1-4-9-14-13-7-5-12(6-8-13)10-11(2)3;1-9(2)7-10-3-5-11(6-4-10)15-8-12(13)14;2*1-9(2)8-11-4-6-12(7-5-11)10(3)13;1-9(2)8-11-6-4-10(3)5-7-11/h4-7,11H,8-10H2,1-3H3;2*5-6,8-9H,7H2,1-4H3;2*4-7,10H,8-9H2,1-3H3;5-8,11H,4,9-10H2,1-3H3;3-6,9H,7-8H2,1-2H3,(H,13,14);2*4-7,9H,8H2,1-3H3;4-7,9H,8H2,1-3H3. The van der Waals surface area contributed by atoms with Gasteiger partial charge >= 0.3 is 5.97 Å². The molecule has 18 heteroatoms. The summed E-state index contributed by atoms with van der Waals surface area (Å²) in [5.74, 6) is 11.6. The van der Waals surface area contributed by atoms with Gasteiger partial charge in [-0.1, -0.05) is 309 Å². The molecule has 0 aliphatic carbocycles. The molecule has 10 aromatic rings. The van der Waals surface area contributed by atoms with E-state index in [4.69, 9.17) is 38.3 Å². The van der Waals surface area contributed by atoms with Crippen molar-refractivity contribution in [3.8, 4) is 40.2 Å². The van der Waals surface area contributed by atoms with Crippen LogP contribution in [0.4, 0.5) is 0 Å². The predicted molar refractivity (Wildman–Crippen MR) is 594 cm³/mol. The summed E-state index contributed by atoms with van der Waals surface area (Å²) in [6, 6.07) is 75.6. The summed E-state index contributed by atoms with van der Waals surface area (Å²) in [5, 5.41) is 8.42. The molecular weight excluding hydrogens is 1810 g/mol. The molecule has 0 aliphatic rings. The first-order valence-electron chi connectivity index (χ1n) is 50.9. The first kappa shape index (κ1) is 129. The van der Waals surface area contributed by atoms with Crippen LogP contribution in [0.5, 0.6) is 40.2 Å². The van der Waals surface area contributed by atoms with E-state index in [0.717, 1.165) is 139 Å². The van der Waals surface area contributed by atoms with Crippen molar-refractivity contribution in [2.45, 2.75) is 264 Å². The van der Waals surface area contributed by atoms with Crippen molar-refractivity contribution in [2.24, 2.45) is 59.2 Å². The first-order chi connectivity index (χ1) is 67.3. The number of carbonyl (C=O) groups excluding carboxylic acids is 6. The minimum atomic E-state index is -2.94. The maximum absolute atomic E-state index is 11.2. The largest absolute Gasteiger partial charge is 0.496 e. The van der Waals surface area contributed by atoms with Crippen molar-refractivity contribution in [1.29, 1.82) is 0 Å². The zero-order valence-corrected chi connectivity index (χ0v) is 93.4. The fourth-order valence-corrected chi connectivity index (χ4v) is 14.4. The number of Topliss-reactive ketones (excluding diaryl/α,β-unsaturated/α-hetero) is 6. The highest BCUT2D eigenvalue weighted by atomic mass is 32.2. The molecule has 0 aromatic heterocycles. The van der Waals surface area contributed by atoms with Crippen molar-refractivity contribution in [2.75, 3.05) is 59.3 Å². The lowest BCUT2D eigenvalue weighted by molar-refractivity contribution is -0.139. The van der Waals surface area contributed by atoms with E-state index < -0.39 is 15.8 Å². The van der Waals surface area contributed by atoms with E-state index in [9.17, 15) is 42.0 Å². The van der Waals surface area contributed by atoms with Crippen LogP contribution in [0.15, 0.2) is 231 Å². The van der Waals surface area contributed by atoms with E-state index in [1.54, 1.807) is 54.0 Å². The summed E-state index contributed by atoms with van der Waals surface area (Å²) >= 11 is 0. The Kier molecular flexibility index (Phi) is 65.5. The molecule has 10 aromatic carbocycles. The van der Waals surface area contributed by atoms with Gasteiger partial charge in [0.1, 0.15) is 60.1 Å². The van der Waals surface area contributed by atoms with Crippen LogP contribution in [0, 0.1) is 66.1 Å². The van der Waals surface area contributed by atoms with E-state index in [1.165, 1.54) is 76.6 Å². The molecule has 0 atom stereocenters. The van der Waals surface area contributed by atoms with E-state index in [1.807, 2.05) is 146 Å². The lowest BCUT2D eigenvalue weighted by Crippen LogP contribution is -2.12. The number of ketones is 6.